The first-order valence-electron chi connectivity index (χ1n) is 9.93. The Hall–Kier alpha value is -3.39. The number of benzene rings is 2. The molecule has 0 fully saturated rings. The summed E-state index contributed by atoms with van der Waals surface area (Å²) in [7, 11) is 0. The van der Waals surface area contributed by atoms with Crippen LogP contribution in [-0.4, -0.2) is 37.8 Å². The molecule has 2 amide bonds. The number of hydrogen-bond donors (Lipinski definition) is 3. The number of carbonyl (C=O) groups excluding carboxylic acids is 2. The summed E-state index contributed by atoms with van der Waals surface area (Å²) in [5.74, 6) is 0.313. The van der Waals surface area contributed by atoms with E-state index in [2.05, 4.69) is 21.3 Å². The third-order valence-corrected chi connectivity index (χ3v) is 3.94. The van der Waals surface area contributed by atoms with Crippen molar-refractivity contribution in [2.45, 2.75) is 26.7 Å². The fourth-order valence-electron chi connectivity index (χ4n) is 2.51. The molecule has 30 heavy (non-hydrogen) atoms. The third kappa shape index (κ3) is 8.32. The Kier molecular flexibility index (Phi) is 9.88. The molecule has 0 unspecified atom stereocenters. The molecule has 0 saturated heterocycles. The number of carbonyl (C=O) groups is 2. The van der Waals surface area contributed by atoms with Crippen LogP contribution in [0.1, 0.15) is 42.6 Å². The van der Waals surface area contributed by atoms with Crippen molar-refractivity contribution >= 4 is 23.7 Å². The summed E-state index contributed by atoms with van der Waals surface area (Å²) < 4.78 is 5.44. The number of rotatable bonds is 12. The molecule has 3 N–H and O–H groups in total. The number of nitrogens with one attached hydrogen (secondary N) is 3. The molecule has 0 radical (unpaired) electrons. The van der Waals surface area contributed by atoms with E-state index >= 15 is 0 Å². The molecular formula is C22H28N4O4. The largest absolute Gasteiger partial charge is 0.494 e. The van der Waals surface area contributed by atoms with Gasteiger partial charge in [-0.15, -0.1) is 0 Å². The summed E-state index contributed by atoms with van der Waals surface area (Å²) in [5.41, 5.74) is 7.07. The molecule has 8 nitrogen and oxygen atoms in total. The van der Waals surface area contributed by atoms with E-state index in [1.165, 1.54) is 0 Å². The van der Waals surface area contributed by atoms with Gasteiger partial charge in [-0.1, -0.05) is 12.1 Å². The first-order valence-corrected chi connectivity index (χ1v) is 9.93. The van der Waals surface area contributed by atoms with Gasteiger partial charge in [0.25, 0.3) is 5.91 Å². The normalized spacial score (nSPS) is 10.6. The summed E-state index contributed by atoms with van der Waals surface area (Å²) >= 11 is 0. The quantitative estimate of drug-likeness (QED) is 0.283. The van der Waals surface area contributed by atoms with Gasteiger partial charge in [-0.25, -0.2) is 10.9 Å². The molecule has 160 valence electrons. The minimum Gasteiger partial charge on any atom is -0.494 e. The van der Waals surface area contributed by atoms with Crippen molar-refractivity contribution in [3.8, 4) is 5.75 Å². The van der Waals surface area contributed by atoms with Crippen molar-refractivity contribution in [3.05, 3.63) is 59.7 Å². The first-order chi connectivity index (χ1) is 14.6. The number of hydroxylamine groups is 1. The zero-order chi connectivity index (χ0) is 21.6. The van der Waals surface area contributed by atoms with Crippen LogP contribution >= 0.6 is 0 Å². The van der Waals surface area contributed by atoms with Gasteiger partial charge in [0.2, 0.25) is 5.91 Å². The molecule has 0 aliphatic heterocycles. The highest BCUT2D eigenvalue weighted by Gasteiger charge is 2.04. The number of ether oxygens (including phenoxy) is 1. The molecule has 0 spiro atoms. The maximum absolute atomic E-state index is 12.2. The molecule has 2 rings (SSSR count). The van der Waals surface area contributed by atoms with E-state index in [9.17, 15) is 9.59 Å². The number of hydrogen-bond acceptors (Lipinski definition) is 6. The minimum atomic E-state index is -0.300. The van der Waals surface area contributed by atoms with Crippen molar-refractivity contribution in [1.29, 1.82) is 0 Å². The number of anilines is 1. The summed E-state index contributed by atoms with van der Waals surface area (Å²) in [6.45, 7) is 5.39. The summed E-state index contributed by atoms with van der Waals surface area (Å²) in [4.78, 5) is 28.5. The SMILES string of the molecule is CCONC(=O)CCCNc1ccc(C(=O)N/N=C/c2cccc(OCC)c2)cc1. The van der Waals surface area contributed by atoms with Gasteiger partial charge in [0.05, 0.1) is 19.4 Å². The Morgan fingerprint density at radius 3 is 2.60 bits per heavy atom. The highest BCUT2D eigenvalue weighted by atomic mass is 16.6. The Labute approximate surface area is 176 Å². The Morgan fingerprint density at radius 1 is 1.07 bits per heavy atom. The average Bonchev–Trinajstić information content (AvgIpc) is 2.76. The molecule has 0 aliphatic carbocycles. The van der Waals surface area contributed by atoms with Crippen molar-refractivity contribution < 1.29 is 19.2 Å². The van der Waals surface area contributed by atoms with E-state index in [-0.39, 0.29) is 11.8 Å². The molecule has 2 aromatic rings. The predicted molar refractivity (Wildman–Crippen MR) is 117 cm³/mol. The summed E-state index contributed by atoms with van der Waals surface area (Å²) in [6, 6.07) is 14.5. The second-order valence-corrected chi connectivity index (χ2v) is 6.27. The molecule has 0 heterocycles. The van der Waals surface area contributed by atoms with E-state index in [1.54, 1.807) is 25.3 Å². The molecular weight excluding hydrogens is 384 g/mol. The molecule has 0 atom stereocenters. The molecule has 0 saturated carbocycles. The van der Waals surface area contributed by atoms with Crippen LogP contribution in [0.2, 0.25) is 0 Å². The van der Waals surface area contributed by atoms with Gasteiger partial charge in [-0.3, -0.25) is 14.4 Å². The van der Waals surface area contributed by atoms with Crippen molar-refractivity contribution in [2.24, 2.45) is 5.10 Å². The zero-order valence-corrected chi connectivity index (χ0v) is 17.3. The van der Waals surface area contributed by atoms with E-state index in [0.29, 0.717) is 38.2 Å². The lowest BCUT2D eigenvalue weighted by Gasteiger charge is -2.07. The van der Waals surface area contributed by atoms with Gasteiger partial charge in [0.1, 0.15) is 5.75 Å². The lowest BCUT2D eigenvalue weighted by Crippen LogP contribution is -2.23. The lowest BCUT2D eigenvalue weighted by atomic mass is 10.2. The second kappa shape index (κ2) is 12.9. The fraction of sp³-hybridized carbons (Fsp3) is 0.318. The maximum Gasteiger partial charge on any atom is 0.271 e. The van der Waals surface area contributed by atoms with Gasteiger partial charge in [-0.2, -0.15) is 5.10 Å². The molecule has 0 bridgehead atoms. The van der Waals surface area contributed by atoms with Crippen LogP contribution in [0.25, 0.3) is 0 Å². The number of hydrazone groups is 1. The van der Waals surface area contributed by atoms with Crippen LogP contribution in [0.5, 0.6) is 5.75 Å². The maximum atomic E-state index is 12.2. The second-order valence-electron chi connectivity index (χ2n) is 6.27. The van der Waals surface area contributed by atoms with Crippen molar-refractivity contribution in [3.63, 3.8) is 0 Å². The smallest absolute Gasteiger partial charge is 0.271 e. The first kappa shape index (κ1) is 22.9. The van der Waals surface area contributed by atoms with Crippen LogP contribution in [0.4, 0.5) is 5.69 Å². The predicted octanol–water partition coefficient (Wildman–Crippen LogP) is 3.11. The van der Waals surface area contributed by atoms with Gasteiger partial charge in [0, 0.05) is 24.2 Å². The Morgan fingerprint density at radius 2 is 1.87 bits per heavy atom. The van der Waals surface area contributed by atoms with E-state index in [1.807, 2.05) is 43.3 Å². The summed E-state index contributed by atoms with van der Waals surface area (Å²) in [5, 5.41) is 7.20. The summed E-state index contributed by atoms with van der Waals surface area (Å²) in [6.07, 6.45) is 2.61. The van der Waals surface area contributed by atoms with Gasteiger partial charge in [0.15, 0.2) is 0 Å². The fourth-order valence-corrected chi connectivity index (χ4v) is 2.51. The number of amides is 2. The van der Waals surface area contributed by atoms with E-state index < -0.39 is 0 Å². The van der Waals surface area contributed by atoms with E-state index in [4.69, 9.17) is 9.57 Å². The highest BCUT2D eigenvalue weighted by molar-refractivity contribution is 5.95. The van der Waals surface area contributed by atoms with Crippen LogP contribution in [-0.2, 0) is 9.63 Å². The van der Waals surface area contributed by atoms with Crippen molar-refractivity contribution in [1.82, 2.24) is 10.9 Å². The standard InChI is InChI=1S/C22H28N4O4/c1-3-29-20-8-5-7-17(15-20)16-24-25-22(28)18-10-12-19(13-11-18)23-14-6-9-21(27)26-30-4-2/h5,7-8,10-13,15-16,23H,3-4,6,9,14H2,1-2H3,(H,25,28)(H,26,27)/b24-16+. The van der Waals surface area contributed by atoms with E-state index in [0.717, 1.165) is 17.0 Å². The third-order valence-electron chi connectivity index (χ3n) is 3.94. The highest BCUT2D eigenvalue weighted by Crippen LogP contribution is 2.12. The topological polar surface area (TPSA) is 101 Å². The van der Waals surface area contributed by atoms with Gasteiger partial charge >= 0.3 is 0 Å². The lowest BCUT2D eigenvalue weighted by molar-refractivity contribution is -0.133. The van der Waals surface area contributed by atoms with Crippen molar-refractivity contribution in [2.75, 3.05) is 25.1 Å². The number of nitrogens with zero attached hydrogens (tertiary/aromatic N) is 1. The zero-order valence-electron chi connectivity index (χ0n) is 17.3. The Bertz CT molecular complexity index is 837. The van der Waals surface area contributed by atoms with Crippen LogP contribution < -0.4 is 21.0 Å². The molecule has 0 aliphatic rings. The van der Waals surface area contributed by atoms with Crippen LogP contribution in [0.15, 0.2) is 53.6 Å². The van der Waals surface area contributed by atoms with Crippen LogP contribution in [0, 0.1) is 0 Å². The minimum absolute atomic E-state index is 0.143. The monoisotopic (exact) mass is 412 g/mol. The van der Waals surface area contributed by atoms with Gasteiger partial charge < -0.3 is 10.1 Å². The average molecular weight is 412 g/mol. The Balaban J connectivity index is 1.75. The molecule has 2 aromatic carbocycles. The molecule has 0 aromatic heterocycles. The van der Waals surface area contributed by atoms with Crippen LogP contribution in [0.3, 0.4) is 0 Å². The molecule has 8 heteroatoms. The van der Waals surface area contributed by atoms with Gasteiger partial charge in [-0.05, 0) is 62.2 Å².